The molecule has 0 unspecified atom stereocenters. The molecule has 0 bridgehead atoms. The van der Waals surface area contributed by atoms with Crippen LogP contribution in [0.1, 0.15) is 37.6 Å². The van der Waals surface area contributed by atoms with Gasteiger partial charge in [-0.3, -0.25) is 9.58 Å². The third kappa shape index (κ3) is 4.67. The highest BCUT2D eigenvalue weighted by molar-refractivity contribution is 5.61. The van der Waals surface area contributed by atoms with Crippen molar-refractivity contribution in [1.29, 1.82) is 0 Å². The Kier molecular flexibility index (Phi) is 6.16. The lowest BCUT2D eigenvalue weighted by molar-refractivity contribution is 0.238. The van der Waals surface area contributed by atoms with E-state index in [1.165, 1.54) is 31.5 Å². The first kappa shape index (κ1) is 20.7. The fourth-order valence-corrected chi connectivity index (χ4v) is 4.28. The van der Waals surface area contributed by atoms with Gasteiger partial charge in [0.15, 0.2) is 11.5 Å². The van der Waals surface area contributed by atoms with E-state index in [1.54, 1.807) is 0 Å². The van der Waals surface area contributed by atoms with Crippen LogP contribution in [0.2, 0.25) is 0 Å². The number of likely N-dealkylation sites (tertiary alicyclic amines) is 1. The van der Waals surface area contributed by atoms with E-state index in [-0.39, 0.29) is 0 Å². The molecule has 1 aliphatic rings. The highest BCUT2D eigenvalue weighted by Crippen LogP contribution is 2.21. The second-order valence-corrected chi connectivity index (χ2v) is 8.42. The Bertz CT molecular complexity index is 1160. The third-order valence-corrected chi connectivity index (χ3v) is 5.95. The molecule has 3 aromatic heterocycles. The Labute approximate surface area is 188 Å². The summed E-state index contributed by atoms with van der Waals surface area (Å²) < 4.78 is 9.81. The van der Waals surface area contributed by atoms with E-state index in [0.29, 0.717) is 6.42 Å². The predicted octanol–water partition coefficient (Wildman–Crippen LogP) is 4.07. The molecule has 7 heteroatoms. The van der Waals surface area contributed by atoms with E-state index in [2.05, 4.69) is 41.3 Å². The van der Waals surface area contributed by atoms with Crippen LogP contribution < -0.4 is 4.74 Å². The Morgan fingerprint density at radius 3 is 2.66 bits per heavy atom. The van der Waals surface area contributed by atoms with Gasteiger partial charge in [-0.15, -0.1) is 0 Å². The summed E-state index contributed by atoms with van der Waals surface area (Å²) in [6, 6.07) is 14.4. The highest BCUT2D eigenvalue weighted by atomic mass is 16.5. The number of pyridine rings is 1. The number of nitrogens with zero attached hydrogens (tertiary/aromatic N) is 6. The van der Waals surface area contributed by atoms with Gasteiger partial charge < -0.3 is 4.74 Å². The second kappa shape index (κ2) is 9.53. The Morgan fingerprint density at radius 2 is 1.84 bits per heavy atom. The average molecular weight is 431 g/mol. The molecule has 0 saturated carbocycles. The van der Waals surface area contributed by atoms with E-state index in [4.69, 9.17) is 14.8 Å². The molecule has 1 aromatic carbocycles. The van der Waals surface area contributed by atoms with Crippen LogP contribution in [-0.4, -0.2) is 55.5 Å². The van der Waals surface area contributed by atoms with Crippen molar-refractivity contribution < 1.29 is 4.74 Å². The van der Waals surface area contributed by atoms with E-state index in [9.17, 15) is 0 Å². The molecule has 0 N–H and O–H groups in total. The number of rotatable bonds is 9. The molecular weight excluding hydrogens is 400 g/mol. The first-order valence-corrected chi connectivity index (χ1v) is 11.6. The summed E-state index contributed by atoms with van der Waals surface area (Å²) in [6.07, 6.45) is 8.34. The van der Waals surface area contributed by atoms with Gasteiger partial charge in [0.05, 0.1) is 11.9 Å². The summed E-state index contributed by atoms with van der Waals surface area (Å²) in [5.41, 5.74) is 4.08. The van der Waals surface area contributed by atoms with Gasteiger partial charge in [-0.1, -0.05) is 25.1 Å². The van der Waals surface area contributed by atoms with Crippen LogP contribution >= 0.6 is 0 Å². The summed E-state index contributed by atoms with van der Waals surface area (Å²) in [5, 5.41) is 9.24. The maximum absolute atomic E-state index is 5.92. The van der Waals surface area contributed by atoms with E-state index in [1.807, 2.05) is 39.7 Å². The van der Waals surface area contributed by atoms with Gasteiger partial charge in [0.1, 0.15) is 12.4 Å². The van der Waals surface area contributed by atoms with Gasteiger partial charge >= 0.3 is 0 Å². The molecule has 0 radical (unpaired) electrons. The largest absolute Gasteiger partial charge is 0.492 e. The van der Waals surface area contributed by atoms with Crippen LogP contribution in [0, 0.1) is 0 Å². The minimum absolute atomic E-state index is 0.685. The molecule has 0 amide bonds. The average Bonchev–Trinajstić information content (AvgIpc) is 3.56. The van der Waals surface area contributed by atoms with Crippen LogP contribution in [0.5, 0.6) is 5.75 Å². The smallest absolute Gasteiger partial charge is 0.156 e. The first-order valence-electron chi connectivity index (χ1n) is 11.6. The lowest BCUT2D eigenvalue weighted by atomic mass is 10.1. The van der Waals surface area contributed by atoms with Crippen molar-refractivity contribution in [3.63, 3.8) is 0 Å². The van der Waals surface area contributed by atoms with Gasteiger partial charge in [-0.05, 0) is 62.2 Å². The van der Waals surface area contributed by atoms with Gasteiger partial charge in [-0.2, -0.15) is 10.2 Å². The molecule has 4 aromatic rings. The van der Waals surface area contributed by atoms with Gasteiger partial charge in [-0.25, -0.2) is 9.50 Å². The van der Waals surface area contributed by atoms with Gasteiger partial charge in [0, 0.05) is 31.3 Å². The summed E-state index contributed by atoms with van der Waals surface area (Å²) in [4.78, 5) is 7.21. The molecule has 5 rings (SSSR count). The Hall–Kier alpha value is -3.19. The lowest BCUT2D eigenvalue weighted by Crippen LogP contribution is -2.25. The molecule has 1 saturated heterocycles. The van der Waals surface area contributed by atoms with E-state index < -0.39 is 0 Å². The number of ether oxygens (including phenoxy) is 1. The number of benzene rings is 1. The normalized spacial score (nSPS) is 14.4. The first-order chi connectivity index (χ1) is 15.8. The second-order valence-electron chi connectivity index (χ2n) is 8.42. The van der Waals surface area contributed by atoms with Crippen molar-refractivity contribution >= 4 is 5.65 Å². The molecule has 0 spiro atoms. The summed E-state index contributed by atoms with van der Waals surface area (Å²) in [7, 11) is 0. The molecular formula is C25H30N6O. The van der Waals surface area contributed by atoms with E-state index in [0.717, 1.165) is 54.6 Å². The van der Waals surface area contributed by atoms with Crippen molar-refractivity contribution in [2.24, 2.45) is 0 Å². The maximum atomic E-state index is 5.92. The number of hydrogen-bond acceptors (Lipinski definition) is 5. The highest BCUT2D eigenvalue weighted by Gasteiger charge is 2.12. The fraction of sp³-hybridized carbons (Fsp3) is 0.400. The third-order valence-electron chi connectivity index (χ3n) is 5.95. The zero-order valence-corrected chi connectivity index (χ0v) is 18.7. The Morgan fingerprint density at radius 1 is 1.00 bits per heavy atom. The van der Waals surface area contributed by atoms with E-state index >= 15 is 0 Å². The van der Waals surface area contributed by atoms with Crippen molar-refractivity contribution in [3.05, 3.63) is 66.2 Å². The quantitative estimate of drug-likeness (QED) is 0.401. The van der Waals surface area contributed by atoms with Crippen molar-refractivity contribution in [2.45, 2.75) is 39.2 Å². The van der Waals surface area contributed by atoms with Crippen LogP contribution in [0.4, 0.5) is 0 Å². The van der Waals surface area contributed by atoms with Crippen LogP contribution in [0.3, 0.4) is 0 Å². The number of fused-ring (bicyclic) bond motifs is 1. The fourth-order valence-electron chi connectivity index (χ4n) is 4.28. The standard InChI is InChI=1S/C25H30N6O/c1-2-12-30-19-21(18-26-30)23-6-5-7-25-27-24(28-31(23)25)17-20-8-10-22(11-9-20)32-16-15-29-13-3-4-14-29/h5-11,18-19H,2-4,12-17H2,1H3. The zero-order valence-electron chi connectivity index (χ0n) is 18.7. The minimum atomic E-state index is 0.685. The summed E-state index contributed by atoms with van der Waals surface area (Å²) in [6.45, 7) is 7.22. The molecule has 0 atom stereocenters. The van der Waals surface area contributed by atoms with Crippen molar-refractivity contribution in [3.8, 4) is 17.0 Å². The van der Waals surface area contributed by atoms with Crippen LogP contribution in [0.25, 0.3) is 16.9 Å². The molecule has 1 fully saturated rings. The molecule has 4 heterocycles. The summed E-state index contributed by atoms with van der Waals surface area (Å²) >= 11 is 0. The summed E-state index contributed by atoms with van der Waals surface area (Å²) in [5.74, 6) is 1.73. The van der Waals surface area contributed by atoms with Crippen molar-refractivity contribution in [1.82, 2.24) is 29.3 Å². The van der Waals surface area contributed by atoms with Crippen LogP contribution in [0.15, 0.2) is 54.9 Å². The SMILES string of the molecule is CCCn1cc(-c2cccc3nc(Cc4ccc(OCCN5CCCC5)cc4)nn23)cn1. The lowest BCUT2D eigenvalue weighted by Gasteiger charge is -2.14. The topological polar surface area (TPSA) is 60.5 Å². The molecule has 0 aliphatic carbocycles. The molecule has 1 aliphatic heterocycles. The number of aryl methyl sites for hydroxylation is 1. The molecule has 7 nitrogen and oxygen atoms in total. The van der Waals surface area contributed by atoms with Gasteiger partial charge in [0.25, 0.3) is 0 Å². The molecule has 32 heavy (non-hydrogen) atoms. The number of aromatic nitrogens is 5. The zero-order chi connectivity index (χ0) is 21.8. The predicted molar refractivity (Wildman–Crippen MR) is 125 cm³/mol. The Balaban J connectivity index is 1.26. The van der Waals surface area contributed by atoms with Gasteiger partial charge in [0.2, 0.25) is 0 Å². The van der Waals surface area contributed by atoms with Crippen LogP contribution in [-0.2, 0) is 13.0 Å². The van der Waals surface area contributed by atoms with Crippen molar-refractivity contribution in [2.75, 3.05) is 26.2 Å². The number of hydrogen-bond donors (Lipinski definition) is 0. The monoisotopic (exact) mass is 430 g/mol. The minimum Gasteiger partial charge on any atom is -0.492 e. The molecule has 166 valence electrons. The maximum Gasteiger partial charge on any atom is 0.156 e.